The first-order valence-electron chi connectivity index (χ1n) is 14.6. The third-order valence-corrected chi connectivity index (χ3v) is 6.99. The van der Waals surface area contributed by atoms with Crippen LogP contribution in [-0.2, 0) is 4.57 Å². The maximum atomic E-state index is 14.5. The van der Waals surface area contributed by atoms with Gasteiger partial charge in [0.2, 0.25) is 0 Å². The normalized spacial score (nSPS) is 14.0. The largest absolute Gasteiger partial charge is 0.647 e. The van der Waals surface area contributed by atoms with Gasteiger partial charge in [0.1, 0.15) is 17.2 Å². The van der Waals surface area contributed by atoms with Crippen molar-refractivity contribution >= 4 is 7.82 Å². The minimum absolute atomic E-state index is 0.000501. The molecule has 0 N–H and O–H groups in total. The Balaban J connectivity index is 2.21. The second-order valence-electron chi connectivity index (χ2n) is 9.89. The van der Waals surface area contributed by atoms with Gasteiger partial charge in [-0.1, -0.05) is 97.8 Å². The summed E-state index contributed by atoms with van der Waals surface area (Å²) in [5.74, 6) is 0.429. The summed E-state index contributed by atoms with van der Waals surface area (Å²) in [5, 5.41) is 0. The SMILES string of the molecule is [2H]c1c([2H])c([2H])c(OP(=O)(Oc2ccc(C(C)C)cc2C(C)C)Oc2ccc(C(C)C)cc2C(C)C)c([2H])c1[2H]. The Hall–Kier alpha value is -2.71. The van der Waals surface area contributed by atoms with Crippen molar-refractivity contribution < 1.29 is 25.0 Å². The highest BCUT2D eigenvalue weighted by Gasteiger charge is 2.35. The van der Waals surface area contributed by atoms with E-state index in [9.17, 15) is 4.57 Å². The van der Waals surface area contributed by atoms with Gasteiger partial charge in [0.15, 0.2) is 0 Å². The first-order chi connectivity index (χ1) is 18.6. The van der Waals surface area contributed by atoms with Gasteiger partial charge < -0.3 is 13.6 Å². The molecule has 0 spiro atoms. The van der Waals surface area contributed by atoms with Crippen molar-refractivity contribution in [2.75, 3.05) is 0 Å². The van der Waals surface area contributed by atoms with Gasteiger partial charge in [0.05, 0.1) is 6.85 Å². The predicted octanol–water partition coefficient (Wildman–Crippen LogP) is 9.83. The number of para-hydroxylation sites is 1. The molecule has 3 rings (SSSR count). The molecule has 0 aliphatic rings. The van der Waals surface area contributed by atoms with Crippen molar-refractivity contribution in [3.63, 3.8) is 0 Å². The van der Waals surface area contributed by atoms with Crippen LogP contribution in [0.3, 0.4) is 0 Å². The van der Waals surface area contributed by atoms with Crippen LogP contribution in [-0.4, -0.2) is 0 Å². The minimum Gasteiger partial charge on any atom is -0.386 e. The molecule has 35 heavy (non-hydrogen) atoms. The molecule has 0 atom stereocenters. The molecular formula is C30H39O4P. The van der Waals surface area contributed by atoms with Crippen molar-refractivity contribution in [1.82, 2.24) is 0 Å². The lowest BCUT2D eigenvalue weighted by Crippen LogP contribution is -2.11. The van der Waals surface area contributed by atoms with E-state index >= 15 is 0 Å². The third-order valence-electron chi connectivity index (χ3n) is 5.75. The van der Waals surface area contributed by atoms with Crippen LogP contribution in [0.5, 0.6) is 17.2 Å². The van der Waals surface area contributed by atoms with Crippen molar-refractivity contribution in [2.45, 2.75) is 79.1 Å². The van der Waals surface area contributed by atoms with E-state index in [1.54, 1.807) is 12.1 Å². The highest BCUT2D eigenvalue weighted by molar-refractivity contribution is 7.49. The molecule has 0 fully saturated rings. The highest BCUT2D eigenvalue weighted by atomic mass is 31.2. The van der Waals surface area contributed by atoms with Gasteiger partial charge >= 0.3 is 7.82 Å². The Kier molecular flexibility index (Phi) is 6.64. The second kappa shape index (κ2) is 11.4. The van der Waals surface area contributed by atoms with Crippen LogP contribution < -0.4 is 13.6 Å². The van der Waals surface area contributed by atoms with Gasteiger partial charge in [0.25, 0.3) is 0 Å². The summed E-state index contributed by atoms with van der Waals surface area (Å²) in [6.45, 7) is 16.2. The smallest absolute Gasteiger partial charge is 0.386 e. The van der Waals surface area contributed by atoms with Gasteiger partial charge in [-0.05, 0) is 70.1 Å². The van der Waals surface area contributed by atoms with Gasteiger partial charge in [-0.3, -0.25) is 0 Å². The summed E-state index contributed by atoms with van der Waals surface area (Å²) < 4.78 is 72.9. The van der Waals surface area contributed by atoms with Crippen molar-refractivity contribution in [2.24, 2.45) is 0 Å². The molecule has 3 aromatic rings. The molecule has 0 aromatic heterocycles. The number of phosphoric acid groups is 1. The lowest BCUT2D eigenvalue weighted by Gasteiger charge is -2.24. The molecule has 0 heterocycles. The number of phosphoric ester groups is 1. The summed E-state index contributed by atoms with van der Waals surface area (Å²) in [6, 6.07) is 8.02. The van der Waals surface area contributed by atoms with Crippen LogP contribution in [0.1, 0.15) is 108 Å². The monoisotopic (exact) mass is 499 g/mol. The van der Waals surface area contributed by atoms with Gasteiger partial charge in [-0.25, -0.2) is 0 Å². The summed E-state index contributed by atoms with van der Waals surface area (Å²) in [5.41, 5.74) is 3.70. The lowest BCUT2D eigenvalue weighted by molar-refractivity contribution is 0.295. The molecule has 188 valence electrons. The molecule has 0 aliphatic heterocycles. The fourth-order valence-corrected chi connectivity index (χ4v) is 4.85. The maximum absolute atomic E-state index is 14.5. The number of hydrogen-bond donors (Lipinski definition) is 0. The molecule has 0 bridgehead atoms. The number of rotatable bonds is 10. The van der Waals surface area contributed by atoms with Crippen molar-refractivity contribution in [3.8, 4) is 17.2 Å². The van der Waals surface area contributed by atoms with Crippen LogP contribution in [0.25, 0.3) is 0 Å². The van der Waals surface area contributed by atoms with Crippen molar-refractivity contribution in [1.29, 1.82) is 0 Å². The van der Waals surface area contributed by atoms with E-state index in [1.165, 1.54) is 0 Å². The summed E-state index contributed by atoms with van der Waals surface area (Å²) in [6.07, 6.45) is 0. The molecule has 0 saturated carbocycles. The Bertz CT molecular complexity index is 1340. The zero-order chi connectivity index (χ0) is 30.1. The van der Waals surface area contributed by atoms with Crippen molar-refractivity contribution in [3.05, 3.63) is 88.9 Å². The zero-order valence-electron chi connectivity index (χ0n) is 26.9. The Morgan fingerprint density at radius 1 is 0.629 bits per heavy atom. The third kappa shape index (κ3) is 6.92. The standard InChI is InChI=1S/C30H39O4P/c1-20(2)24-14-16-29(27(18-24)22(5)6)33-35(31,32-26-12-10-9-11-13-26)34-30-17-15-25(21(3)4)19-28(30)23(7)8/h9-23H,1-8H3/i9D,10D,11D,12D,13D. The molecule has 0 radical (unpaired) electrons. The first-order valence-corrected chi connectivity index (χ1v) is 13.6. The average molecular weight is 500 g/mol. The zero-order valence-corrected chi connectivity index (χ0v) is 22.7. The fourth-order valence-electron chi connectivity index (χ4n) is 3.61. The van der Waals surface area contributed by atoms with Crippen LogP contribution in [0.15, 0.2) is 66.6 Å². The Morgan fingerprint density at radius 2 is 1.06 bits per heavy atom. The molecule has 0 amide bonds. The van der Waals surface area contributed by atoms with Crippen LogP contribution in [0, 0.1) is 0 Å². The molecule has 0 saturated heterocycles. The quantitative estimate of drug-likeness (QED) is 0.260. The molecule has 3 aromatic carbocycles. The predicted molar refractivity (Wildman–Crippen MR) is 145 cm³/mol. The molecule has 4 nitrogen and oxygen atoms in total. The summed E-state index contributed by atoms with van der Waals surface area (Å²) >= 11 is 0. The van der Waals surface area contributed by atoms with E-state index in [2.05, 4.69) is 27.7 Å². The number of benzene rings is 3. The molecule has 0 aliphatic carbocycles. The lowest BCUT2D eigenvalue weighted by atomic mass is 9.95. The van der Waals surface area contributed by atoms with Crippen LogP contribution in [0.2, 0.25) is 0 Å². The second-order valence-corrected chi connectivity index (χ2v) is 11.3. The van der Waals surface area contributed by atoms with Gasteiger partial charge in [-0.2, -0.15) is 4.57 Å². The van der Waals surface area contributed by atoms with E-state index in [1.807, 2.05) is 52.0 Å². The highest BCUT2D eigenvalue weighted by Crippen LogP contribution is 2.52. The molecular weight excluding hydrogens is 455 g/mol. The van der Waals surface area contributed by atoms with E-state index in [0.717, 1.165) is 22.3 Å². The Labute approximate surface area is 218 Å². The van der Waals surface area contributed by atoms with Crippen LogP contribution in [0.4, 0.5) is 0 Å². The average Bonchev–Trinajstić information content (AvgIpc) is 2.88. The number of hydrogen-bond acceptors (Lipinski definition) is 4. The van der Waals surface area contributed by atoms with E-state index in [4.69, 9.17) is 20.4 Å². The Morgan fingerprint density at radius 3 is 1.43 bits per heavy atom. The van der Waals surface area contributed by atoms with Gasteiger partial charge in [0, 0.05) is 0 Å². The van der Waals surface area contributed by atoms with E-state index in [-0.39, 0.29) is 35.2 Å². The topological polar surface area (TPSA) is 44.8 Å². The fraction of sp³-hybridized carbons (Fsp3) is 0.400. The molecule has 5 heteroatoms. The van der Waals surface area contributed by atoms with Gasteiger partial charge in [-0.15, -0.1) is 0 Å². The molecule has 0 unspecified atom stereocenters. The minimum atomic E-state index is -4.67. The summed E-state index contributed by atoms with van der Waals surface area (Å²) in [7, 11) is -4.67. The van der Waals surface area contributed by atoms with E-state index < -0.39 is 43.8 Å². The van der Waals surface area contributed by atoms with Crippen LogP contribution >= 0.6 is 7.82 Å². The summed E-state index contributed by atoms with van der Waals surface area (Å²) in [4.78, 5) is 0. The van der Waals surface area contributed by atoms with E-state index in [0.29, 0.717) is 0 Å². The maximum Gasteiger partial charge on any atom is 0.647 e. The first kappa shape index (κ1) is 20.5.